The van der Waals surface area contributed by atoms with Crippen LogP contribution in [0.15, 0.2) is 18.2 Å². The molecule has 1 aromatic rings. The average molecular weight is 269 g/mol. The summed E-state index contributed by atoms with van der Waals surface area (Å²) >= 11 is 0. The second-order valence-electron chi connectivity index (χ2n) is 5.53. The van der Waals surface area contributed by atoms with Crippen molar-refractivity contribution in [1.82, 2.24) is 4.90 Å². The molecule has 0 aromatic heterocycles. The summed E-state index contributed by atoms with van der Waals surface area (Å²) in [5.41, 5.74) is -0.215. The predicted octanol–water partition coefficient (Wildman–Crippen LogP) is 3.26. The number of aliphatic hydroxyl groups is 1. The van der Waals surface area contributed by atoms with Crippen molar-refractivity contribution in [3.05, 3.63) is 35.4 Å². The molecule has 0 spiro atoms. The molecule has 1 aliphatic carbocycles. The van der Waals surface area contributed by atoms with Crippen LogP contribution in [0.25, 0.3) is 0 Å². The van der Waals surface area contributed by atoms with Gasteiger partial charge < -0.3 is 5.11 Å². The van der Waals surface area contributed by atoms with E-state index in [4.69, 9.17) is 0 Å². The Hall–Kier alpha value is -1.00. The van der Waals surface area contributed by atoms with E-state index in [9.17, 15) is 13.9 Å². The SMILES string of the molecule is CC(C)N(CC(O)c1c(F)cccc1F)C1CCC1. The van der Waals surface area contributed by atoms with E-state index in [1.807, 2.05) is 13.8 Å². The first-order valence-electron chi connectivity index (χ1n) is 6.88. The van der Waals surface area contributed by atoms with Gasteiger partial charge in [0, 0.05) is 18.6 Å². The first kappa shape index (κ1) is 14.4. The van der Waals surface area contributed by atoms with Crippen LogP contribution in [-0.4, -0.2) is 28.6 Å². The maximum Gasteiger partial charge on any atom is 0.131 e. The standard InChI is InChI=1S/C15H21F2NO/c1-10(2)18(11-5-3-6-11)9-14(19)15-12(16)7-4-8-13(15)17/h4,7-8,10-11,14,19H,3,5-6,9H2,1-2H3. The highest BCUT2D eigenvalue weighted by molar-refractivity contribution is 5.22. The molecule has 0 amide bonds. The van der Waals surface area contributed by atoms with Crippen LogP contribution in [0.4, 0.5) is 8.78 Å². The summed E-state index contributed by atoms with van der Waals surface area (Å²) in [6.07, 6.45) is 2.28. The fourth-order valence-electron chi connectivity index (χ4n) is 2.62. The van der Waals surface area contributed by atoms with Gasteiger partial charge >= 0.3 is 0 Å². The van der Waals surface area contributed by atoms with Gasteiger partial charge in [0.1, 0.15) is 11.6 Å². The van der Waals surface area contributed by atoms with Crippen molar-refractivity contribution in [2.75, 3.05) is 6.54 Å². The lowest BCUT2D eigenvalue weighted by atomic mass is 9.90. The topological polar surface area (TPSA) is 23.5 Å². The molecular weight excluding hydrogens is 248 g/mol. The molecule has 19 heavy (non-hydrogen) atoms. The number of hydrogen-bond donors (Lipinski definition) is 1. The number of benzene rings is 1. The molecule has 2 rings (SSSR count). The first-order valence-corrected chi connectivity index (χ1v) is 6.88. The number of rotatable bonds is 5. The van der Waals surface area contributed by atoms with E-state index in [2.05, 4.69) is 4.90 Å². The minimum Gasteiger partial charge on any atom is -0.387 e. The van der Waals surface area contributed by atoms with E-state index < -0.39 is 17.7 Å². The van der Waals surface area contributed by atoms with Crippen LogP contribution in [0.5, 0.6) is 0 Å². The molecule has 1 atom stereocenters. The summed E-state index contributed by atoms with van der Waals surface area (Å²) < 4.78 is 27.3. The summed E-state index contributed by atoms with van der Waals surface area (Å²) in [6.45, 7) is 4.37. The maximum atomic E-state index is 13.6. The van der Waals surface area contributed by atoms with Gasteiger partial charge in [-0.15, -0.1) is 0 Å². The zero-order valence-corrected chi connectivity index (χ0v) is 11.4. The fourth-order valence-corrected chi connectivity index (χ4v) is 2.62. The lowest BCUT2D eigenvalue weighted by molar-refractivity contribution is 0.0339. The molecule has 4 heteroatoms. The van der Waals surface area contributed by atoms with Crippen LogP contribution < -0.4 is 0 Å². The van der Waals surface area contributed by atoms with E-state index in [1.54, 1.807) is 0 Å². The molecule has 1 unspecified atom stereocenters. The van der Waals surface area contributed by atoms with Gasteiger partial charge in [-0.3, -0.25) is 4.90 Å². The third-order valence-electron chi connectivity index (χ3n) is 3.92. The van der Waals surface area contributed by atoms with Gasteiger partial charge in [-0.05, 0) is 38.8 Å². The normalized spacial score (nSPS) is 17.8. The van der Waals surface area contributed by atoms with Crippen molar-refractivity contribution in [3.63, 3.8) is 0 Å². The van der Waals surface area contributed by atoms with Gasteiger partial charge in [0.2, 0.25) is 0 Å². The molecule has 0 saturated heterocycles. The van der Waals surface area contributed by atoms with Gasteiger partial charge in [0.15, 0.2) is 0 Å². The fraction of sp³-hybridized carbons (Fsp3) is 0.600. The third kappa shape index (κ3) is 3.12. The van der Waals surface area contributed by atoms with Crippen LogP contribution in [0.2, 0.25) is 0 Å². The van der Waals surface area contributed by atoms with Crippen molar-refractivity contribution >= 4 is 0 Å². The van der Waals surface area contributed by atoms with E-state index in [0.29, 0.717) is 6.04 Å². The molecule has 0 heterocycles. The van der Waals surface area contributed by atoms with Crippen molar-refractivity contribution < 1.29 is 13.9 Å². The Labute approximate surface area is 113 Å². The summed E-state index contributed by atoms with van der Waals surface area (Å²) in [4.78, 5) is 2.14. The van der Waals surface area contributed by atoms with Gasteiger partial charge in [0.05, 0.1) is 11.7 Å². The third-order valence-corrected chi connectivity index (χ3v) is 3.92. The van der Waals surface area contributed by atoms with Crippen LogP contribution in [-0.2, 0) is 0 Å². The Morgan fingerprint density at radius 1 is 1.26 bits per heavy atom. The van der Waals surface area contributed by atoms with Crippen molar-refractivity contribution in [3.8, 4) is 0 Å². The predicted molar refractivity (Wildman–Crippen MR) is 70.8 cm³/mol. The van der Waals surface area contributed by atoms with E-state index in [1.165, 1.54) is 24.6 Å². The smallest absolute Gasteiger partial charge is 0.131 e. The second kappa shape index (κ2) is 5.97. The highest BCUT2D eigenvalue weighted by atomic mass is 19.1. The average Bonchev–Trinajstić information content (AvgIpc) is 2.25. The highest BCUT2D eigenvalue weighted by Gasteiger charge is 2.30. The Morgan fingerprint density at radius 2 is 1.84 bits per heavy atom. The van der Waals surface area contributed by atoms with Crippen LogP contribution in [0, 0.1) is 11.6 Å². The molecule has 0 radical (unpaired) electrons. The molecule has 106 valence electrons. The van der Waals surface area contributed by atoms with E-state index >= 15 is 0 Å². The lowest BCUT2D eigenvalue weighted by Crippen LogP contribution is -2.46. The zero-order chi connectivity index (χ0) is 14.0. The largest absolute Gasteiger partial charge is 0.387 e. The number of nitrogens with zero attached hydrogens (tertiary/aromatic N) is 1. The molecule has 1 aliphatic rings. The Kier molecular flexibility index (Phi) is 4.53. The van der Waals surface area contributed by atoms with Gasteiger partial charge in [-0.2, -0.15) is 0 Å². The van der Waals surface area contributed by atoms with Gasteiger partial charge in [-0.1, -0.05) is 12.5 Å². The van der Waals surface area contributed by atoms with Crippen LogP contribution >= 0.6 is 0 Å². The highest BCUT2D eigenvalue weighted by Crippen LogP contribution is 2.29. The zero-order valence-electron chi connectivity index (χ0n) is 11.4. The Morgan fingerprint density at radius 3 is 2.26 bits per heavy atom. The van der Waals surface area contributed by atoms with Gasteiger partial charge in [-0.25, -0.2) is 8.78 Å². The molecule has 2 nitrogen and oxygen atoms in total. The van der Waals surface area contributed by atoms with Crippen LogP contribution in [0.1, 0.15) is 44.8 Å². The summed E-state index contributed by atoms with van der Waals surface area (Å²) in [5, 5.41) is 10.1. The molecule has 1 aromatic carbocycles. The molecule has 0 aliphatic heterocycles. The number of hydrogen-bond acceptors (Lipinski definition) is 2. The Bertz CT molecular complexity index is 412. The quantitative estimate of drug-likeness (QED) is 0.887. The molecule has 1 fully saturated rings. The summed E-state index contributed by atoms with van der Waals surface area (Å²) in [5.74, 6) is -1.35. The van der Waals surface area contributed by atoms with E-state index in [-0.39, 0.29) is 18.2 Å². The maximum absolute atomic E-state index is 13.6. The summed E-state index contributed by atoms with van der Waals surface area (Å²) in [7, 11) is 0. The monoisotopic (exact) mass is 269 g/mol. The van der Waals surface area contributed by atoms with E-state index in [0.717, 1.165) is 12.8 Å². The van der Waals surface area contributed by atoms with Gasteiger partial charge in [0.25, 0.3) is 0 Å². The number of aliphatic hydroxyl groups excluding tert-OH is 1. The van der Waals surface area contributed by atoms with Crippen molar-refractivity contribution in [2.45, 2.75) is 51.3 Å². The second-order valence-corrected chi connectivity index (χ2v) is 5.53. The Balaban J connectivity index is 2.12. The first-order chi connectivity index (χ1) is 9.00. The van der Waals surface area contributed by atoms with Crippen molar-refractivity contribution in [2.24, 2.45) is 0 Å². The van der Waals surface area contributed by atoms with Crippen LogP contribution in [0.3, 0.4) is 0 Å². The minimum absolute atomic E-state index is 0.215. The lowest BCUT2D eigenvalue weighted by Gasteiger charge is -2.41. The molecule has 1 N–H and O–H groups in total. The summed E-state index contributed by atoms with van der Waals surface area (Å²) in [6, 6.07) is 4.38. The molecule has 1 saturated carbocycles. The minimum atomic E-state index is -1.12. The number of halogens is 2. The molecular formula is C15H21F2NO. The molecule has 0 bridgehead atoms. The van der Waals surface area contributed by atoms with Crippen molar-refractivity contribution in [1.29, 1.82) is 0 Å².